The molecule has 0 spiro atoms. The maximum absolute atomic E-state index is 15.4. The van der Waals surface area contributed by atoms with Crippen molar-refractivity contribution in [3.63, 3.8) is 0 Å². The molecule has 3 aliphatic heterocycles. The van der Waals surface area contributed by atoms with Crippen LogP contribution in [0.5, 0.6) is 0 Å². The summed E-state index contributed by atoms with van der Waals surface area (Å²) in [5, 5.41) is 1.49. The molecule has 0 amide bonds. The van der Waals surface area contributed by atoms with Crippen LogP contribution in [0.25, 0.3) is 0 Å². The van der Waals surface area contributed by atoms with Crippen LogP contribution < -0.4 is 4.90 Å². The fourth-order valence-electron chi connectivity index (χ4n) is 4.56. The number of halogens is 1. The average molecular weight is 397 g/mol. The van der Waals surface area contributed by atoms with E-state index in [0.29, 0.717) is 5.25 Å². The van der Waals surface area contributed by atoms with Gasteiger partial charge in [-0.2, -0.15) is 0 Å². The number of hydrogen-bond acceptors (Lipinski definition) is 5. The third kappa shape index (κ3) is 3.17. The molecule has 0 saturated carbocycles. The topological polar surface area (TPSA) is 31.7 Å². The number of piperidine rings is 1. The van der Waals surface area contributed by atoms with Crippen LogP contribution in [0.15, 0.2) is 47.6 Å². The minimum absolute atomic E-state index is 0.127. The van der Waals surface area contributed by atoms with Gasteiger partial charge in [-0.25, -0.2) is 4.39 Å². The first-order chi connectivity index (χ1) is 13.7. The Bertz CT molecular complexity index is 881. The Balaban J connectivity index is 1.50. The first kappa shape index (κ1) is 18.0. The Kier molecular flexibility index (Phi) is 4.75. The molecule has 0 N–H and O–H groups in total. The number of aliphatic imine (C=N–C) groups is 1. The number of fused-ring (bicyclic) bond motifs is 1. The van der Waals surface area contributed by atoms with Crippen molar-refractivity contribution in [1.29, 1.82) is 0 Å². The molecule has 1 aromatic heterocycles. The zero-order valence-corrected chi connectivity index (χ0v) is 16.9. The van der Waals surface area contributed by atoms with Crippen molar-refractivity contribution in [3.8, 4) is 0 Å². The highest BCUT2D eigenvalue weighted by Gasteiger charge is 2.44. The van der Waals surface area contributed by atoms with Crippen LogP contribution in [0.2, 0.25) is 0 Å². The molecule has 3 atom stereocenters. The lowest BCUT2D eigenvalue weighted by Crippen LogP contribution is -2.31. The van der Waals surface area contributed by atoms with E-state index in [9.17, 15) is 0 Å². The van der Waals surface area contributed by atoms with Crippen molar-refractivity contribution in [2.75, 3.05) is 24.5 Å². The minimum Gasteiger partial charge on any atom is -0.371 e. The fraction of sp³-hybridized carbons (Fsp3) is 0.455. The number of anilines is 1. The number of aromatic nitrogens is 1. The maximum Gasteiger partial charge on any atom is 0.160 e. The van der Waals surface area contributed by atoms with Gasteiger partial charge in [0.1, 0.15) is 11.9 Å². The largest absolute Gasteiger partial charge is 0.371 e. The second-order valence-corrected chi connectivity index (χ2v) is 9.30. The van der Waals surface area contributed by atoms with Gasteiger partial charge in [-0.05, 0) is 43.5 Å². The smallest absolute Gasteiger partial charge is 0.160 e. The van der Waals surface area contributed by atoms with Crippen LogP contribution in [0.1, 0.15) is 49.5 Å². The van der Waals surface area contributed by atoms with E-state index in [4.69, 9.17) is 4.99 Å². The summed E-state index contributed by atoms with van der Waals surface area (Å²) in [6, 6.07) is 11.4. The Labute approximate surface area is 169 Å². The fourth-order valence-corrected chi connectivity index (χ4v) is 5.65. The molecule has 0 aliphatic carbocycles. The Morgan fingerprint density at radius 3 is 2.71 bits per heavy atom. The molecule has 4 nitrogen and oxygen atoms in total. The summed E-state index contributed by atoms with van der Waals surface area (Å²) in [6.07, 6.45) is 5.44. The first-order valence-electron chi connectivity index (χ1n) is 10.2. The van der Waals surface area contributed by atoms with Crippen LogP contribution in [-0.4, -0.2) is 39.9 Å². The maximum atomic E-state index is 15.4. The first-order valence-corrected chi connectivity index (χ1v) is 11.0. The van der Waals surface area contributed by atoms with E-state index in [2.05, 4.69) is 27.8 Å². The van der Waals surface area contributed by atoms with E-state index in [-0.39, 0.29) is 17.9 Å². The van der Waals surface area contributed by atoms with E-state index in [0.717, 1.165) is 41.7 Å². The zero-order chi connectivity index (χ0) is 19.1. The molecule has 3 aliphatic rings. The van der Waals surface area contributed by atoms with Gasteiger partial charge in [0.05, 0.1) is 11.7 Å². The molecule has 2 aromatic rings. The number of amidine groups is 1. The van der Waals surface area contributed by atoms with Gasteiger partial charge in [-0.3, -0.25) is 9.98 Å². The predicted molar refractivity (Wildman–Crippen MR) is 113 cm³/mol. The predicted octanol–water partition coefficient (Wildman–Crippen LogP) is 4.80. The van der Waals surface area contributed by atoms with Gasteiger partial charge in [0.15, 0.2) is 5.17 Å². The van der Waals surface area contributed by atoms with Crippen LogP contribution >= 0.6 is 11.8 Å². The molecule has 0 bridgehead atoms. The Hall–Kier alpha value is -2.08. The van der Waals surface area contributed by atoms with Gasteiger partial charge >= 0.3 is 0 Å². The molecular weight excluding hydrogens is 371 g/mol. The summed E-state index contributed by atoms with van der Waals surface area (Å²) >= 11 is 1.78. The lowest BCUT2D eigenvalue weighted by Gasteiger charge is -2.31. The van der Waals surface area contributed by atoms with Gasteiger partial charge in [-0.15, -0.1) is 0 Å². The highest BCUT2D eigenvalue weighted by Crippen LogP contribution is 2.48. The lowest BCUT2D eigenvalue weighted by molar-refractivity contribution is 0.313. The molecule has 2 fully saturated rings. The molecule has 2 saturated heterocycles. The molecule has 4 heterocycles. The summed E-state index contributed by atoms with van der Waals surface area (Å²) < 4.78 is 15.4. The standard InChI is InChI=1S/C22H25FN4S/c1-15-14-27-21(20(25-22(27)28-15)19-7-3-4-10-24-19)17-9-8-16(13-18(17)23)26-11-5-2-6-12-26/h3-4,7-10,13,15,20-21H,2,5-6,11-12,14H2,1H3. The molecule has 3 unspecified atom stereocenters. The van der Waals surface area contributed by atoms with Crippen molar-refractivity contribution in [2.45, 2.75) is 43.5 Å². The zero-order valence-electron chi connectivity index (χ0n) is 16.1. The molecule has 6 heteroatoms. The van der Waals surface area contributed by atoms with E-state index >= 15 is 4.39 Å². The van der Waals surface area contributed by atoms with Crippen molar-refractivity contribution in [2.24, 2.45) is 4.99 Å². The van der Waals surface area contributed by atoms with Gasteiger partial charge < -0.3 is 9.80 Å². The van der Waals surface area contributed by atoms with Crippen molar-refractivity contribution in [3.05, 3.63) is 59.7 Å². The third-order valence-electron chi connectivity index (χ3n) is 5.91. The molecule has 1 aromatic carbocycles. The summed E-state index contributed by atoms with van der Waals surface area (Å²) in [4.78, 5) is 14.1. The number of thioether (sulfide) groups is 1. The van der Waals surface area contributed by atoms with Gasteiger partial charge in [-0.1, -0.05) is 30.8 Å². The lowest BCUT2D eigenvalue weighted by atomic mass is 9.95. The monoisotopic (exact) mass is 396 g/mol. The van der Waals surface area contributed by atoms with Crippen LogP contribution in [0.3, 0.4) is 0 Å². The van der Waals surface area contributed by atoms with E-state index in [1.807, 2.05) is 24.3 Å². The van der Waals surface area contributed by atoms with E-state index in [1.165, 1.54) is 19.3 Å². The second kappa shape index (κ2) is 7.39. The number of benzene rings is 1. The molecule has 5 rings (SSSR count). The quantitative estimate of drug-likeness (QED) is 0.746. The normalized spacial score (nSPS) is 27.1. The molecule has 28 heavy (non-hydrogen) atoms. The van der Waals surface area contributed by atoms with Crippen LogP contribution in [0.4, 0.5) is 10.1 Å². The summed E-state index contributed by atoms with van der Waals surface area (Å²) in [5.74, 6) is -0.130. The van der Waals surface area contributed by atoms with Gasteiger partial charge in [0.25, 0.3) is 0 Å². The molecular formula is C22H25FN4S. The summed E-state index contributed by atoms with van der Waals surface area (Å²) in [6.45, 7) is 5.14. The minimum atomic E-state index is -0.161. The molecule has 0 radical (unpaired) electrons. The van der Waals surface area contributed by atoms with Crippen molar-refractivity contribution in [1.82, 2.24) is 9.88 Å². The summed E-state index contributed by atoms with van der Waals surface area (Å²) in [7, 11) is 0. The number of hydrogen-bond donors (Lipinski definition) is 0. The number of rotatable bonds is 3. The Morgan fingerprint density at radius 2 is 1.96 bits per heavy atom. The van der Waals surface area contributed by atoms with E-state index < -0.39 is 0 Å². The Morgan fingerprint density at radius 1 is 1.11 bits per heavy atom. The molecule has 146 valence electrons. The third-order valence-corrected chi connectivity index (χ3v) is 7.01. The van der Waals surface area contributed by atoms with E-state index in [1.54, 1.807) is 24.0 Å². The van der Waals surface area contributed by atoms with Crippen molar-refractivity contribution >= 4 is 22.6 Å². The second-order valence-electron chi connectivity index (χ2n) is 7.89. The van der Waals surface area contributed by atoms with Gasteiger partial charge in [0.2, 0.25) is 0 Å². The SMILES string of the molecule is CC1CN2C(=NC(c3ccccn3)C2c2ccc(N3CCCCC3)cc2F)S1. The highest BCUT2D eigenvalue weighted by atomic mass is 32.2. The van der Waals surface area contributed by atoms with Crippen molar-refractivity contribution < 1.29 is 4.39 Å². The summed E-state index contributed by atoms with van der Waals surface area (Å²) in [5.41, 5.74) is 2.63. The van der Waals surface area contributed by atoms with Gasteiger partial charge in [0, 0.05) is 42.3 Å². The van der Waals surface area contributed by atoms with Crippen LogP contribution in [-0.2, 0) is 0 Å². The average Bonchev–Trinajstić information content (AvgIpc) is 3.25. The van der Waals surface area contributed by atoms with Crippen LogP contribution in [0, 0.1) is 5.82 Å². The number of nitrogens with zero attached hydrogens (tertiary/aromatic N) is 4. The number of pyridine rings is 1. The highest BCUT2D eigenvalue weighted by molar-refractivity contribution is 8.14.